The van der Waals surface area contributed by atoms with E-state index in [9.17, 15) is 22.8 Å². The third-order valence-corrected chi connectivity index (χ3v) is 4.59. The summed E-state index contributed by atoms with van der Waals surface area (Å²) in [5.41, 5.74) is -0.594. The van der Waals surface area contributed by atoms with E-state index in [-0.39, 0.29) is 5.02 Å². The van der Waals surface area contributed by atoms with Gasteiger partial charge in [0.25, 0.3) is 5.91 Å². The molecular weight excluding hydrogens is 475 g/mol. The van der Waals surface area contributed by atoms with Gasteiger partial charge in [0.1, 0.15) is 18.1 Å². The normalized spacial score (nSPS) is 10.9. The van der Waals surface area contributed by atoms with Gasteiger partial charge >= 0.3 is 12.1 Å². The monoisotopic (exact) mass is 493 g/mol. The van der Waals surface area contributed by atoms with Crippen LogP contribution in [-0.4, -0.2) is 25.1 Å². The van der Waals surface area contributed by atoms with Gasteiger partial charge in [0.15, 0.2) is 13.2 Å². The number of carbonyl (C=O) groups is 2. The van der Waals surface area contributed by atoms with Crippen molar-refractivity contribution in [3.63, 3.8) is 0 Å². The number of hydrogen-bond acceptors (Lipinski definition) is 5. The summed E-state index contributed by atoms with van der Waals surface area (Å²) in [6.07, 6.45) is -4.72. The van der Waals surface area contributed by atoms with Crippen LogP contribution in [0.15, 0.2) is 72.8 Å². The van der Waals surface area contributed by atoms with Gasteiger partial charge in [-0.3, -0.25) is 4.79 Å². The Hall–Kier alpha value is -3.72. The molecule has 10 heteroatoms. The molecule has 0 spiro atoms. The van der Waals surface area contributed by atoms with Gasteiger partial charge in [-0.1, -0.05) is 41.9 Å². The molecule has 34 heavy (non-hydrogen) atoms. The van der Waals surface area contributed by atoms with Crippen molar-refractivity contribution in [3.05, 3.63) is 88.9 Å². The second kappa shape index (κ2) is 11.4. The number of hydrogen-bond donors (Lipinski definition) is 1. The molecule has 0 aliphatic heterocycles. The van der Waals surface area contributed by atoms with E-state index in [1.807, 2.05) is 30.3 Å². The van der Waals surface area contributed by atoms with E-state index in [1.54, 1.807) is 24.3 Å². The molecule has 0 heterocycles. The van der Waals surface area contributed by atoms with Crippen LogP contribution in [0.2, 0.25) is 5.02 Å². The summed E-state index contributed by atoms with van der Waals surface area (Å²) in [6.45, 7) is -0.878. The fraction of sp³-hybridized carbons (Fsp3) is 0.167. The number of rotatable bonds is 9. The number of halogens is 4. The van der Waals surface area contributed by atoms with Gasteiger partial charge in [0, 0.05) is 5.02 Å². The van der Waals surface area contributed by atoms with Crippen molar-refractivity contribution in [2.24, 2.45) is 0 Å². The smallest absolute Gasteiger partial charge is 0.418 e. The molecule has 3 aromatic carbocycles. The minimum Gasteiger partial charge on any atom is -0.489 e. The molecule has 0 bridgehead atoms. The maximum atomic E-state index is 13.1. The zero-order valence-electron chi connectivity index (χ0n) is 17.6. The van der Waals surface area contributed by atoms with Crippen LogP contribution in [0.25, 0.3) is 0 Å². The number of benzene rings is 3. The number of nitrogens with one attached hydrogen (secondary N) is 1. The maximum absolute atomic E-state index is 13.1. The van der Waals surface area contributed by atoms with Crippen molar-refractivity contribution >= 4 is 29.2 Å². The molecule has 0 radical (unpaired) electrons. The Labute approximate surface area is 198 Å². The van der Waals surface area contributed by atoms with E-state index < -0.39 is 42.5 Å². The van der Waals surface area contributed by atoms with Crippen LogP contribution in [-0.2, 0) is 27.1 Å². The van der Waals surface area contributed by atoms with E-state index in [1.165, 1.54) is 6.07 Å². The lowest BCUT2D eigenvalue weighted by atomic mass is 10.1. The van der Waals surface area contributed by atoms with Gasteiger partial charge < -0.3 is 19.5 Å². The molecule has 0 aromatic heterocycles. The highest BCUT2D eigenvalue weighted by Crippen LogP contribution is 2.36. The Morgan fingerprint density at radius 1 is 0.853 bits per heavy atom. The second-order valence-electron chi connectivity index (χ2n) is 6.93. The molecule has 1 amide bonds. The van der Waals surface area contributed by atoms with Crippen LogP contribution in [0.5, 0.6) is 11.5 Å². The molecule has 0 unspecified atom stereocenters. The van der Waals surface area contributed by atoms with Crippen LogP contribution in [0.1, 0.15) is 11.1 Å². The minimum atomic E-state index is -4.72. The Kier molecular flexibility index (Phi) is 8.37. The molecule has 0 aliphatic carbocycles. The SMILES string of the molecule is O=C(COC(=O)COc1ccc(OCc2ccccc2)cc1)Nc1ccc(Cl)cc1C(F)(F)F. The molecule has 0 fully saturated rings. The minimum absolute atomic E-state index is 0.135. The van der Waals surface area contributed by atoms with Crippen molar-refractivity contribution < 1.29 is 37.0 Å². The van der Waals surface area contributed by atoms with Crippen molar-refractivity contribution in [3.8, 4) is 11.5 Å². The van der Waals surface area contributed by atoms with E-state index in [2.05, 4.69) is 5.32 Å². The molecule has 0 saturated carbocycles. The first-order valence-corrected chi connectivity index (χ1v) is 10.3. The number of ether oxygens (including phenoxy) is 3. The third-order valence-electron chi connectivity index (χ3n) is 4.35. The van der Waals surface area contributed by atoms with Gasteiger partial charge in [0.05, 0.1) is 11.3 Å². The van der Waals surface area contributed by atoms with Crippen LogP contribution >= 0.6 is 11.6 Å². The second-order valence-corrected chi connectivity index (χ2v) is 7.37. The molecule has 178 valence electrons. The highest BCUT2D eigenvalue weighted by atomic mass is 35.5. The van der Waals surface area contributed by atoms with Crippen molar-refractivity contribution in [1.82, 2.24) is 0 Å². The topological polar surface area (TPSA) is 73.9 Å². The first-order valence-electron chi connectivity index (χ1n) is 9.92. The zero-order valence-corrected chi connectivity index (χ0v) is 18.4. The Morgan fingerprint density at radius 3 is 2.15 bits per heavy atom. The van der Waals surface area contributed by atoms with Crippen LogP contribution in [0, 0.1) is 0 Å². The molecule has 0 aliphatic rings. The predicted molar refractivity (Wildman–Crippen MR) is 119 cm³/mol. The van der Waals surface area contributed by atoms with E-state index >= 15 is 0 Å². The lowest BCUT2D eigenvalue weighted by Crippen LogP contribution is -2.24. The highest BCUT2D eigenvalue weighted by Gasteiger charge is 2.34. The fourth-order valence-electron chi connectivity index (χ4n) is 2.75. The highest BCUT2D eigenvalue weighted by molar-refractivity contribution is 6.30. The standard InChI is InChI=1S/C24H19ClF3NO5/c25-17-6-11-21(20(12-17)24(26,27)28)29-22(30)14-34-23(31)15-33-19-9-7-18(8-10-19)32-13-16-4-2-1-3-5-16/h1-12H,13-15H2,(H,29,30). The lowest BCUT2D eigenvalue weighted by Gasteiger charge is -2.14. The quantitative estimate of drug-likeness (QED) is 0.398. The third kappa shape index (κ3) is 7.70. The number of carbonyl (C=O) groups excluding carboxylic acids is 2. The van der Waals surface area contributed by atoms with Gasteiger partial charge in [-0.2, -0.15) is 13.2 Å². The van der Waals surface area contributed by atoms with Gasteiger partial charge in [-0.05, 0) is 48.0 Å². The average molecular weight is 494 g/mol. The van der Waals surface area contributed by atoms with Crippen LogP contribution < -0.4 is 14.8 Å². The maximum Gasteiger partial charge on any atom is 0.418 e. The van der Waals surface area contributed by atoms with Gasteiger partial charge in [0.2, 0.25) is 0 Å². The Balaban J connectivity index is 1.42. The predicted octanol–water partition coefficient (Wildman–Crippen LogP) is 5.50. The fourth-order valence-corrected chi connectivity index (χ4v) is 2.92. The zero-order chi connectivity index (χ0) is 24.6. The molecule has 0 atom stereocenters. The Morgan fingerprint density at radius 2 is 1.50 bits per heavy atom. The van der Waals surface area contributed by atoms with Crippen molar-refractivity contribution in [2.45, 2.75) is 12.8 Å². The molecule has 3 rings (SSSR count). The number of amides is 1. The summed E-state index contributed by atoms with van der Waals surface area (Å²) in [4.78, 5) is 23.7. The average Bonchev–Trinajstić information content (AvgIpc) is 2.82. The Bertz CT molecular complexity index is 1120. The van der Waals surface area contributed by atoms with Crippen molar-refractivity contribution in [2.75, 3.05) is 18.5 Å². The summed E-state index contributed by atoms with van der Waals surface area (Å²) in [5.74, 6) is -0.840. The van der Waals surface area contributed by atoms with Crippen LogP contribution in [0.3, 0.4) is 0 Å². The summed E-state index contributed by atoms with van der Waals surface area (Å²) in [6, 6.07) is 19.0. The molecule has 6 nitrogen and oxygen atoms in total. The summed E-state index contributed by atoms with van der Waals surface area (Å²) in [5, 5.41) is 1.92. The summed E-state index contributed by atoms with van der Waals surface area (Å²) < 4.78 is 54.9. The first kappa shape index (κ1) is 24.9. The first-order chi connectivity index (χ1) is 16.2. The van der Waals surface area contributed by atoms with E-state index in [0.717, 1.165) is 11.6 Å². The molecule has 0 saturated heterocycles. The number of esters is 1. The van der Waals surface area contributed by atoms with Crippen LogP contribution in [0.4, 0.5) is 18.9 Å². The largest absolute Gasteiger partial charge is 0.489 e. The lowest BCUT2D eigenvalue weighted by molar-refractivity contribution is -0.149. The summed E-state index contributed by atoms with van der Waals surface area (Å²) >= 11 is 5.59. The van der Waals surface area contributed by atoms with Gasteiger partial charge in [-0.25, -0.2) is 4.79 Å². The number of anilines is 1. The molecule has 3 aromatic rings. The van der Waals surface area contributed by atoms with Gasteiger partial charge in [-0.15, -0.1) is 0 Å². The summed E-state index contributed by atoms with van der Waals surface area (Å²) in [7, 11) is 0. The number of alkyl halides is 3. The molecular formula is C24H19ClF3NO5. The van der Waals surface area contributed by atoms with E-state index in [0.29, 0.717) is 24.2 Å². The van der Waals surface area contributed by atoms with Crippen molar-refractivity contribution in [1.29, 1.82) is 0 Å². The molecule has 1 N–H and O–H groups in total. The van der Waals surface area contributed by atoms with E-state index in [4.69, 9.17) is 25.8 Å².